The molecule has 0 bridgehead atoms. The van der Waals surface area contributed by atoms with E-state index in [2.05, 4.69) is 29.7 Å². The number of rotatable bonds is 7. The lowest BCUT2D eigenvalue weighted by molar-refractivity contribution is -0.159. The number of hydrogen-bond acceptors (Lipinski definition) is 4. The van der Waals surface area contributed by atoms with Gasteiger partial charge in [-0.15, -0.1) is 0 Å². The summed E-state index contributed by atoms with van der Waals surface area (Å²) < 4.78 is 4.84. The molecule has 3 aromatic carbocycles. The summed E-state index contributed by atoms with van der Waals surface area (Å²) in [5.41, 5.74) is 5.01. The van der Waals surface area contributed by atoms with Crippen LogP contribution in [0.4, 0.5) is 0 Å². The average Bonchev–Trinajstić information content (AvgIpc) is 2.67. The molecule has 0 saturated heterocycles. The van der Waals surface area contributed by atoms with Crippen LogP contribution < -0.4 is 5.48 Å². The predicted molar refractivity (Wildman–Crippen MR) is 97.8 cm³/mol. The molecule has 0 fully saturated rings. The molecule has 0 spiro atoms. The SMILES string of the molecule is COC(=O)C(Cc1ccccc1)ONCc1ccc2ccccc2c1. The zero-order valence-corrected chi connectivity index (χ0v) is 14.1. The van der Waals surface area contributed by atoms with Crippen LogP contribution in [0, 0.1) is 0 Å². The highest BCUT2D eigenvalue weighted by atomic mass is 16.7. The van der Waals surface area contributed by atoms with E-state index in [1.165, 1.54) is 17.9 Å². The predicted octanol–water partition coefficient (Wildman–Crippen LogP) is 3.65. The number of hydroxylamine groups is 1. The van der Waals surface area contributed by atoms with Crippen LogP contribution in [-0.4, -0.2) is 19.2 Å². The fraction of sp³-hybridized carbons (Fsp3) is 0.190. The monoisotopic (exact) mass is 335 g/mol. The van der Waals surface area contributed by atoms with Crippen molar-refractivity contribution in [3.05, 3.63) is 83.9 Å². The molecule has 0 radical (unpaired) electrons. The lowest BCUT2D eigenvalue weighted by atomic mass is 10.1. The molecule has 0 saturated carbocycles. The molecule has 0 heterocycles. The van der Waals surface area contributed by atoms with Gasteiger partial charge in [0.25, 0.3) is 0 Å². The second-order valence-corrected chi connectivity index (χ2v) is 5.82. The molecule has 0 aliphatic carbocycles. The Morgan fingerprint density at radius 2 is 1.64 bits per heavy atom. The van der Waals surface area contributed by atoms with Gasteiger partial charge < -0.3 is 4.74 Å². The van der Waals surface area contributed by atoms with Crippen LogP contribution in [0.1, 0.15) is 11.1 Å². The number of ether oxygens (including phenoxy) is 1. The van der Waals surface area contributed by atoms with Crippen LogP contribution in [-0.2, 0) is 27.3 Å². The van der Waals surface area contributed by atoms with Crippen molar-refractivity contribution in [2.45, 2.75) is 19.1 Å². The van der Waals surface area contributed by atoms with Crippen LogP contribution >= 0.6 is 0 Å². The van der Waals surface area contributed by atoms with Crippen LogP contribution in [0.15, 0.2) is 72.8 Å². The minimum atomic E-state index is -0.687. The summed E-state index contributed by atoms with van der Waals surface area (Å²) in [4.78, 5) is 17.5. The first-order chi connectivity index (χ1) is 12.3. The van der Waals surface area contributed by atoms with E-state index in [9.17, 15) is 4.79 Å². The summed E-state index contributed by atoms with van der Waals surface area (Å²) in [6.07, 6.45) is -0.231. The topological polar surface area (TPSA) is 47.6 Å². The minimum absolute atomic E-state index is 0.394. The van der Waals surface area contributed by atoms with Crippen molar-refractivity contribution in [3.8, 4) is 0 Å². The summed E-state index contributed by atoms with van der Waals surface area (Å²) in [7, 11) is 1.37. The van der Waals surface area contributed by atoms with E-state index in [1.807, 2.05) is 48.5 Å². The Bertz CT molecular complexity index is 833. The van der Waals surface area contributed by atoms with Crippen molar-refractivity contribution in [3.63, 3.8) is 0 Å². The Kier molecular flexibility index (Phi) is 5.77. The standard InChI is InChI=1S/C21H21NO3/c1-24-21(23)20(14-16-7-3-2-4-8-16)25-22-15-17-11-12-18-9-5-6-10-19(18)13-17/h2-13,20,22H,14-15H2,1H3. The maximum Gasteiger partial charge on any atom is 0.337 e. The molecule has 0 amide bonds. The molecule has 3 rings (SSSR count). The Morgan fingerprint density at radius 3 is 2.40 bits per heavy atom. The molecule has 4 heteroatoms. The molecule has 0 aliphatic heterocycles. The van der Waals surface area contributed by atoms with Gasteiger partial charge in [-0.3, -0.25) is 4.84 Å². The first kappa shape index (κ1) is 17.1. The lowest BCUT2D eigenvalue weighted by Gasteiger charge is -2.16. The molecule has 3 aromatic rings. The van der Waals surface area contributed by atoms with Crippen LogP contribution in [0.3, 0.4) is 0 Å². The average molecular weight is 335 g/mol. The maximum absolute atomic E-state index is 11.9. The number of carbonyl (C=O) groups excluding carboxylic acids is 1. The molecule has 1 unspecified atom stereocenters. The Labute approximate surface area is 147 Å². The molecule has 0 aliphatic rings. The van der Waals surface area contributed by atoms with Crippen molar-refractivity contribution in [2.24, 2.45) is 0 Å². The van der Waals surface area contributed by atoms with Gasteiger partial charge in [0.1, 0.15) is 0 Å². The first-order valence-electron chi connectivity index (χ1n) is 8.24. The van der Waals surface area contributed by atoms with E-state index in [1.54, 1.807) is 0 Å². The Hall–Kier alpha value is -2.69. The highest BCUT2D eigenvalue weighted by Gasteiger charge is 2.20. The number of esters is 1. The number of hydrogen-bond donors (Lipinski definition) is 1. The highest BCUT2D eigenvalue weighted by molar-refractivity contribution is 5.83. The second kappa shape index (κ2) is 8.42. The zero-order chi connectivity index (χ0) is 17.5. The van der Waals surface area contributed by atoms with E-state index < -0.39 is 12.1 Å². The fourth-order valence-corrected chi connectivity index (χ4v) is 2.71. The van der Waals surface area contributed by atoms with Crippen molar-refractivity contribution >= 4 is 16.7 Å². The third-order valence-corrected chi connectivity index (χ3v) is 4.04. The third kappa shape index (κ3) is 4.66. The van der Waals surface area contributed by atoms with Gasteiger partial charge in [0.05, 0.1) is 7.11 Å². The van der Waals surface area contributed by atoms with Crippen molar-refractivity contribution in [1.82, 2.24) is 5.48 Å². The van der Waals surface area contributed by atoms with Gasteiger partial charge in [0.2, 0.25) is 0 Å². The van der Waals surface area contributed by atoms with Crippen LogP contribution in [0.2, 0.25) is 0 Å². The summed E-state index contributed by atoms with van der Waals surface area (Å²) >= 11 is 0. The summed E-state index contributed by atoms with van der Waals surface area (Å²) in [6, 6.07) is 24.2. The van der Waals surface area contributed by atoms with Gasteiger partial charge >= 0.3 is 5.97 Å². The quantitative estimate of drug-likeness (QED) is 0.529. The summed E-state index contributed by atoms with van der Waals surface area (Å²) in [6.45, 7) is 0.507. The molecular weight excluding hydrogens is 314 g/mol. The van der Waals surface area contributed by atoms with E-state index >= 15 is 0 Å². The van der Waals surface area contributed by atoms with Gasteiger partial charge in [-0.1, -0.05) is 66.7 Å². The smallest absolute Gasteiger partial charge is 0.337 e. The normalized spacial score (nSPS) is 12.0. The largest absolute Gasteiger partial charge is 0.467 e. The van der Waals surface area contributed by atoms with E-state index in [0.717, 1.165) is 11.1 Å². The number of carbonyl (C=O) groups is 1. The van der Waals surface area contributed by atoms with Crippen molar-refractivity contribution in [2.75, 3.05) is 7.11 Å². The zero-order valence-electron chi connectivity index (χ0n) is 14.1. The lowest BCUT2D eigenvalue weighted by Crippen LogP contribution is -2.33. The van der Waals surface area contributed by atoms with Gasteiger partial charge in [-0.2, -0.15) is 5.48 Å². The summed E-state index contributed by atoms with van der Waals surface area (Å²) in [5.74, 6) is -0.394. The van der Waals surface area contributed by atoms with E-state index in [0.29, 0.717) is 13.0 Å². The fourth-order valence-electron chi connectivity index (χ4n) is 2.71. The molecule has 1 atom stereocenters. The molecule has 4 nitrogen and oxygen atoms in total. The van der Waals surface area contributed by atoms with E-state index in [-0.39, 0.29) is 0 Å². The number of fused-ring (bicyclic) bond motifs is 1. The maximum atomic E-state index is 11.9. The Morgan fingerprint density at radius 1 is 0.920 bits per heavy atom. The first-order valence-corrected chi connectivity index (χ1v) is 8.24. The summed E-state index contributed by atoms with van der Waals surface area (Å²) in [5, 5.41) is 2.37. The number of nitrogens with one attached hydrogen (secondary N) is 1. The Balaban J connectivity index is 1.61. The molecule has 0 aromatic heterocycles. The van der Waals surface area contributed by atoms with Gasteiger partial charge in [-0.05, 0) is 28.0 Å². The van der Waals surface area contributed by atoms with Crippen LogP contribution in [0.5, 0.6) is 0 Å². The van der Waals surface area contributed by atoms with E-state index in [4.69, 9.17) is 9.57 Å². The second-order valence-electron chi connectivity index (χ2n) is 5.82. The third-order valence-electron chi connectivity index (χ3n) is 4.04. The molecule has 25 heavy (non-hydrogen) atoms. The van der Waals surface area contributed by atoms with Gasteiger partial charge in [-0.25, -0.2) is 4.79 Å². The minimum Gasteiger partial charge on any atom is -0.467 e. The van der Waals surface area contributed by atoms with Crippen molar-refractivity contribution in [1.29, 1.82) is 0 Å². The van der Waals surface area contributed by atoms with Crippen LogP contribution in [0.25, 0.3) is 10.8 Å². The number of methoxy groups -OCH3 is 1. The highest BCUT2D eigenvalue weighted by Crippen LogP contribution is 2.15. The van der Waals surface area contributed by atoms with Gasteiger partial charge in [0, 0.05) is 13.0 Å². The number of benzene rings is 3. The molecular formula is C21H21NO3. The van der Waals surface area contributed by atoms with Gasteiger partial charge in [0.15, 0.2) is 6.10 Å². The van der Waals surface area contributed by atoms with Crippen molar-refractivity contribution < 1.29 is 14.4 Å². The molecule has 128 valence electrons. The molecule has 1 N–H and O–H groups in total.